The first kappa shape index (κ1) is 13.9. The van der Waals surface area contributed by atoms with Gasteiger partial charge in [-0.3, -0.25) is 19.3 Å². The number of hydrogen-bond acceptors (Lipinski definition) is 3. The molecule has 1 aliphatic heterocycles. The zero-order valence-electron chi connectivity index (χ0n) is 12.5. The summed E-state index contributed by atoms with van der Waals surface area (Å²) >= 11 is 0. The van der Waals surface area contributed by atoms with Crippen LogP contribution in [0.2, 0.25) is 0 Å². The standard InChI is InChI=1S/C18H16N2O3/c21-16-9-11(12-5-3-4-8-15(12)19-16)10-20-17(22)13-6-1-2-7-14(13)18(20)23/h1-5,8-9,13-14H,6-7,10H2,(H,19,21)/t13-,14+. The van der Waals surface area contributed by atoms with Crippen molar-refractivity contribution in [2.45, 2.75) is 19.4 Å². The highest BCUT2D eigenvalue weighted by molar-refractivity contribution is 6.05. The molecule has 4 rings (SSSR count). The van der Waals surface area contributed by atoms with Gasteiger partial charge >= 0.3 is 0 Å². The van der Waals surface area contributed by atoms with Gasteiger partial charge < -0.3 is 4.98 Å². The number of imide groups is 1. The van der Waals surface area contributed by atoms with Crippen LogP contribution in [-0.2, 0) is 16.1 Å². The monoisotopic (exact) mass is 308 g/mol. The Hall–Kier alpha value is -2.69. The Kier molecular flexibility index (Phi) is 3.15. The van der Waals surface area contributed by atoms with Gasteiger partial charge in [0.25, 0.3) is 0 Å². The van der Waals surface area contributed by atoms with Crippen LogP contribution in [0.1, 0.15) is 18.4 Å². The van der Waals surface area contributed by atoms with Gasteiger partial charge in [-0.25, -0.2) is 0 Å². The van der Waals surface area contributed by atoms with Crippen LogP contribution in [0.4, 0.5) is 0 Å². The molecule has 1 saturated heterocycles. The van der Waals surface area contributed by atoms with Crippen molar-refractivity contribution >= 4 is 22.7 Å². The van der Waals surface area contributed by atoms with Gasteiger partial charge in [-0.2, -0.15) is 0 Å². The van der Waals surface area contributed by atoms with Crippen molar-refractivity contribution < 1.29 is 9.59 Å². The molecular formula is C18H16N2O3. The molecule has 2 aliphatic rings. The number of aromatic amines is 1. The number of benzene rings is 1. The molecule has 0 radical (unpaired) electrons. The smallest absolute Gasteiger partial charge is 0.248 e. The van der Waals surface area contributed by atoms with Crippen LogP contribution in [0.25, 0.3) is 10.9 Å². The van der Waals surface area contributed by atoms with E-state index in [-0.39, 0.29) is 35.8 Å². The summed E-state index contributed by atoms with van der Waals surface area (Å²) in [4.78, 5) is 41.1. The molecule has 5 heteroatoms. The first-order valence-corrected chi connectivity index (χ1v) is 7.76. The van der Waals surface area contributed by atoms with E-state index in [2.05, 4.69) is 4.98 Å². The van der Waals surface area contributed by atoms with E-state index in [1.54, 1.807) is 0 Å². The summed E-state index contributed by atoms with van der Waals surface area (Å²) in [7, 11) is 0. The van der Waals surface area contributed by atoms with Crippen LogP contribution >= 0.6 is 0 Å². The second-order valence-corrected chi connectivity index (χ2v) is 6.12. The third kappa shape index (κ3) is 2.20. The van der Waals surface area contributed by atoms with Gasteiger partial charge in [0.05, 0.1) is 18.4 Å². The van der Waals surface area contributed by atoms with Crippen molar-refractivity contribution in [3.63, 3.8) is 0 Å². The number of H-pyrrole nitrogens is 1. The number of amides is 2. The number of carbonyl (C=O) groups excluding carboxylic acids is 2. The Bertz CT molecular complexity index is 871. The molecule has 1 aliphatic carbocycles. The summed E-state index contributed by atoms with van der Waals surface area (Å²) in [5.74, 6) is -0.705. The van der Waals surface area contributed by atoms with E-state index in [1.165, 1.54) is 11.0 Å². The molecular weight excluding hydrogens is 292 g/mol. The van der Waals surface area contributed by atoms with Gasteiger partial charge in [0.15, 0.2) is 0 Å². The molecule has 2 heterocycles. The van der Waals surface area contributed by atoms with Crippen LogP contribution in [-0.4, -0.2) is 21.7 Å². The molecule has 1 aromatic heterocycles. The number of hydrogen-bond donors (Lipinski definition) is 1. The minimum Gasteiger partial charge on any atom is -0.322 e. The first-order chi connectivity index (χ1) is 11.1. The Balaban J connectivity index is 1.73. The number of para-hydroxylation sites is 1. The lowest BCUT2D eigenvalue weighted by molar-refractivity contribution is -0.140. The highest BCUT2D eigenvalue weighted by Crippen LogP contribution is 2.36. The summed E-state index contributed by atoms with van der Waals surface area (Å²) in [6.45, 7) is 0.162. The minimum absolute atomic E-state index is 0.117. The minimum atomic E-state index is -0.235. The number of rotatable bonds is 2. The molecule has 2 atom stereocenters. The van der Waals surface area contributed by atoms with Gasteiger partial charge in [0.2, 0.25) is 17.4 Å². The molecule has 0 bridgehead atoms. The predicted octanol–water partition coefficient (Wildman–Crippen LogP) is 1.98. The first-order valence-electron chi connectivity index (χ1n) is 7.76. The van der Waals surface area contributed by atoms with Crippen molar-refractivity contribution in [3.8, 4) is 0 Å². The fourth-order valence-corrected chi connectivity index (χ4v) is 3.60. The van der Waals surface area contributed by atoms with Crippen molar-refractivity contribution in [2.24, 2.45) is 11.8 Å². The number of pyridine rings is 1. The average molecular weight is 308 g/mol. The van der Waals surface area contributed by atoms with Crippen molar-refractivity contribution in [1.29, 1.82) is 0 Å². The van der Waals surface area contributed by atoms with Crippen molar-refractivity contribution in [3.05, 3.63) is 58.4 Å². The summed E-state index contributed by atoms with van der Waals surface area (Å²) in [5.41, 5.74) is 1.20. The third-order valence-electron chi connectivity index (χ3n) is 4.76. The Labute approximate surface area is 132 Å². The summed E-state index contributed by atoms with van der Waals surface area (Å²) in [6.07, 6.45) is 5.20. The maximum absolute atomic E-state index is 12.6. The van der Waals surface area contributed by atoms with Crippen molar-refractivity contribution in [2.75, 3.05) is 0 Å². The predicted molar refractivity (Wildman–Crippen MR) is 85.5 cm³/mol. The van der Waals surface area contributed by atoms with E-state index in [1.807, 2.05) is 36.4 Å². The molecule has 1 fully saturated rings. The van der Waals surface area contributed by atoms with E-state index in [0.717, 1.165) is 5.39 Å². The number of fused-ring (bicyclic) bond motifs is 2. The van der Waals surface area contributed by atoms with E-state index in [4.69, 9.17) is 0 Å². The lowest BCUT2D eigenvalue weighted by atomic mass is 9.85. The van der Waals surface area contributed by atoms with Crippen LogP contribution in [0.5, 0.6) is 0 Å². The third-order valence-corrected chi connectivity index (χ3v) is 4.76. The van der Waals surface area contributed by atoms with Gasteiger partial charge in [-0.05, 0) is 24.5 Å². The number of allylic oxidation sites excluding steroid dienone is 2. The zero-order chi connectivity index (χ0) is 16.0. The molecule has 2 amide bonds. The molecule has 23 heavy (non-hydrogen) atoms. The Morgan fingerprint density at radius 2 is 1.65 bits per heavy atom. The molecule has 5 nitrogen and oxygen atoms in total. The second kappa shape index (κ2) is 5.19. The lowest BCUT2D eigenvalue weighted by Crippen LogP contribution is -2.31. The van der Waals surface area contributed by atoms with Gasteiger partial charge in [-0.1, -0.05) is 30.4 Å². The normalized spacial score (nSPS) is 23.6. The van der Waals surface area contributed by atoms with Gasteiger partial charge in [0.1, 0.15) is 0 Å². The van der Waals surface area contributed by atoms with Crippen LogP contribution in [0, 0.1) is 11.8 Å². The number of nitrogens with zero attached hydrogens (tertiary/aromatic N) is 1. The summed E-state index contributed by atoms with van der Waals surface area (Å²) < 4.78 is 0. The quantitative estimate of drug-likeness (QED) is 0.681. The molecule has 0 saturated carbocycles. The van der Waals surface area contributed by atoms with Crippen LogP contribution < -0.4 is 5.56 Å². The topological polar surface area (TPSA) is 70.2 Å². The van der Waals surface area contributed by atoms with E-state index >= 15 is 0 Å². The second-order valence-electron chi connectivity index (χ2n) is 6.12. The van der Waals surface area contributed by atoms with Gasteiger partial charge in [-0.15, -0.1) is 0 Å². The number of carbonyl (C=O) groups is 2. The Morgan fingerprint density at radius 3 is 2.35 bits per heavy atom. The largest absolute Gasteiger partial charge is 0.322 e. The molecule has 116 valence electrons. The SMILES string of the molecule is O=C1[C@H]2CC=CC[C@H]2C(=O)N1Cc1cc(=O)[nH]c2ccccc12. The van der Waals surface area contributed by atoms with E-state index in [9.17, 15) is 14.4 Å². The average Bonchev–Trinajstić information content (AvgIpc) is 2.80. The van der Waals surface area contributed by atoms with E-state index < -0.39 is 0 Å². The highest BCUT2D eigenvalue weighted by atomic mass is 16.2. The zero-order valence-corrected chi connectivity index (χ0v) is 12.5. The molecule has 1 N–H and O–H groups in total. The number of nitrogens with one attached hydrogen (secondary N) is 1. The molecule has 0 unspecified atom stereocenters. The lowest BCUT2D eigenvalue weighted by Gasteiger charge is -2.16. The maximum atomic E-state index is 12.6. The fourth-order valence-electron chi connectivity index (χ4n) is 3.60. The highest BCUT2D eigenvalue weighted by Gasteiger charge is 2.47. The summed E-state index contributed by atoms with van der Waals surface area (Å²) in [6, 6.07) is 8.90. The summed E-state index contributed by atoms with van der Waals surface area (Å²) in [5, 5.41) is 0.862. The Morgan fingerprint density at radius 1 is 1.00 bits per heavy atom. The van der Waals surface area contributed by atoms with Crippen molar-refractivity contribution in [1.82, 2.24) is 9.88 Å². The molecule has 0 spiro atoms. The van der Waals surface area contributed by atoms with Gasteiger partial charge in [0, 0.05) is 17.0 Å². The molecule has 2 aromatic rings. The van der Waals surface area contributed by atoms with E-state index in [0.29, 0.717) is 23.9 Å². The van der Waals surface area contributed by atoms with Crippen LogP contribution in [0.3, 0.4) is 0 Å². The maximum Gasteiger partial charge on any atom is 0.248 e. The number of aromatic nitrogens is 1. The number of likely N-dealkylation sites (tertiary alicyclic amines) is 1. The van der Waals surface area contributed by atoms with Crippen LogP contribution in [0.15, 0.2) is 47.3 Å². The fraction of sp³-hybridized carbons (Fsp3) is 0.278. The molecule has 1 aromatic carbocycles.